The molecule has 1 saturated heterocycles. The van der Waals surface area contributed by atoms with Crippen LogP contribution < -0.4 is 10.2 Å². The number of para-hydroxylation sites is 1. The first-order valence-corrected chi connectivity index (χ1v) is 5.14. The lowest BCUT2D eigenvalue weighted by molar-refractivity contribution is -0.418. The second kappa shape index (κ2) is 4.65. The summed E-state index contributed by atoms with van der Waals surface area (Å²) < 4.78 is 0. The highest BCUT2D eigenvalue weighted by atomic mass is 16.6. The van der Waals surface area contributed by atoms with E-state index in [9.17, 15) is 14.9 Å². The highest BCUT2D eigenvalue weighted by molar-refractivity contribution is 5.73. The maximum absolute atomic E-state index is 10.7. The van der Waals surface area contributed by atoms with Gasteiger partial charge in [0.25, 0.3) is 0 Å². The molecule has 0 radical (unpaired) electrons. The van der Waals surface area contributed by atoms with Crippen LogP contribution >= 0.6 is 0 Å². The molecule has 0 saturated carbocycles. The number of nitrogens with zero attached hydrogens (tertiary/aromatic N) is 2. The number of carbonyl (C=O) groups is 1. The summed E-state index contributed by atoms with van der Waals surface area (Å²) >= 11 is 0. The maximum Gasteiger partial charge on any atom is 0.348 e. The fourth-order valence-electron chi connectivity index (χ4n) is 1.77. The lowest BCUT2D eigenvalue weighted by atomic mass is 10.3. The molecule has 1 N–H and O–H groups in total. The second-order valence-electron chi connectivity index (χ2n) is 3.52. The predicted molar refractivity (Wildman–Crippen MR) is 61.9 cm³/mol. The maximum atomic E-state index is 10.7. The Morgan fingerprint density at radius 1 is 1.41 bits per heavy atom. The molecule has 6 heteroatoms. The molecule has 1 aliphatic heterocycles. The highest BCUT2D eigenvalue weighted by Gasteiger charge is 2.28. The first-order chi connectivity index (χ1) is 8.24. The molecule has 0 bridgehead atoms. The number of nitrogens with one attached hydrogen (secondary N) is 1. The van der Waals surface area contributed by atoms with Crippen molar-refractivity contribution in [2.24, 2.45) is 0 Å². The normalized spacial score (nSPS) is 17.5. The predicted octanol–water partition coefficient (Wildman–Crippen LogP) is 0.741. The van der Waals surface area contributed by atoms with Crippen molar-refractivity contribution < 1.29 is 9.72 Å². The Morgan fingerprint density at radius 2 is 2.12 bits per heavy atom. The first-order valence-electron chi connectivity index (χ1n) is 5.14. The zero-order chi connectivity index (χ0) is 12.3. The van der Waals surface area contributed by atoms with Gasteiger partial charge in [-0.1, -0.05) is 18.2 Å². The SMILES string of the molecule is O=CC(=C1NCCN1c1ccccc1)[N+](=O)[O-]. The lowest BCUT2D eigenvalue weighted by Gasteiger charge is -2.17. The van der Waals surface area contributed by atoms with Crippen LogP contribution in [-0.2, 0) is 4.79 Å². The topological polar surface area (TPSA) is 75.5 Å². The molecule has 0 amide bonds. The molecule has 1 heterocycles. The van der Waals surface area contributed by atoms with E-state index in [4.69, 9.17) is 0 Å². The number of aldehydes is 1. The molecule has 88 valence electrons. The van der Waals surface area contributed by atoms with E-state index >= 15 is 0 Å². The van der Waals surface area contributed by atoms with Crippen molar-refractivity contribution in [1.82, 2.24) is 5.32 Å². The number of carbonyl (C=O) groups excluding carboxylic acids is 1. The van der Waals surface area contributed by atoms with Gasteiger partial charge in [-0.3, -0.25) is 14.9 Å². The monoisotopic (exact) mass is 233 g/mol. The molecule has 0 atom stereocenters. The van der Waals surface area contributed by atoms with Crippen molar-refractivity contribution in [2.45, 2.75) is 0 Å². The molecule has 0 aromatic heterocycles. The van der Waals surface area contributed by atoms with Gasteiger partial charge in [0.1, 0.15) is 0 Å². The van der Waals surface area contributed by atoms with E-state index in [1.807, 2.05) is 30.3 Å². The molecule has 1 aliphatic rings. The van der Waals surface area contributed by atoms with E-state index in [1.165, 1.54) is 0 Å². The summed E-state index contributed by atoms with van der Waals surface area (Å²) in [7, 11) is 0. The van der Waals surface area contributed by atoms with E-state index in [2.05, 4.69) is 5.32 Å². The molecule has 0 unspecified atom stereocenters. The summed E-state index contributed by atoms with van der Waals surface area (Å²) in [5.74, 6) is 0.260. The number of rotatable bonds is 3. The van der Waals surface area contributed by atoms with Crippen molar-refractivity contribution in [3.8, 4) is 0 Å². The Bertz CT molecular complexity index is 470. The Morgan fingerprint density at radius 3 is 2.71 bits per heavy atom. The number of anilines is 1. The molecule has 1 aromatic rings. The summed E-state index contributed by atoms with van der Waals surface area (Å²) in [6.45, 7) is 1.18. The summed E-state index contributed by atoms with van der Waals surface area (Å²) in [5, 5.41) is 13.6. The van der Waals surface area contributed by atoms with E-state index in [1.54, 1.807) is 4.90 Å². The molecule has 6 nitrogen and oxygen atoms in total. The van der Waals surface area contributed by atoms with Gasteiger partial charge in [-0.2, -0.15) is 0 Å². The Balaban J connectivity index is 2.42. The van der Waals surface area contributed by atoms with Gasteiger partial charge in [-0.05, 0) is 12.1 Å². The Hall–Kier alpha value is -2.37. The summed E-state index contributed by atoms with van der Waals surface area (Å²) in [5.41, 5.74) is 0.389. The molecule has 1 fully saturated rings. The van der Waals surface area contributed by atoms with Crippen molar-refractivity contribution in [1.29, 1.82) is 0 Å². The number of hydrogen-bond donors (Lipinski definition) is 1. The average molecular weight is 233 g/mol. The third-order valence-electron chi connectivity index (χ3n) is 2.52. The third-order valence-corrected chi connectivity index (χ3v) is 2.52. The van der Waals surface area contributed by atoms with Crippen LogP contribution in [0.2, 0.25) is 0 Å². The summed E-state index contributed by atoms with van der Waals surface area (Å²) in [6, 6.07) is 9.24. The zero-order valence-electron chi connectivity index (χ0n) is 9.00. The standard InChI is InChI=1S/C11H11N3O3/c15-8-10(14(16)17)11-12-6-7-13(11)9-4-2-1-3-5-9/h1-5,8,12H,6-7H2. The Kier molecular flexibility index (Phi) is 3.04. The van der Waals surface area contributed by atoms with E-state index in [0.29, 0.717) is 13.1 Å². The van der Waals surface area contributed by atoms with Crippen LogP contribution in [0.15, 0.2) is 41.8 Å². The van der Waals surface area contributed by atoms with Crippen LogP contribution in [0.25, 0.3) is 0 Å². The second-order valence-corrected chi connectivity index (χ2v) is 3.52. The van der Waals surface area contributed by atoms with Crippen molar-refractivity contribution in [2.75, 3.05) is 18.0 Å². The van der Waals surface area contributed by atoms with Gasteiger partial charge in [-0.25, -0.2) is 0 Å². The van der Waals surface area contributed by atoms with Crippen LogP contribution in [-0.4, -0.2) is 24.3 Å². The van der Waals surface area contributed by atoms with Crippen LogP contribution in [0.4, 0.5) is 5.69 Å². The van der Waals surface area contributed by atoms with Crippen LogP contribution in [0.1, 0.15) is 0 Å². The van der Waals surface area contributed by atoms with Crippen LogP contribution in [0, 0.1) is 10.1 Å². The molecule has 17 heavy (non-hydrogen) atoms. The minimum atomic E-state index is -0.670. The van der Waals surface area contributed by atoms with E-state index < -0.39 is 10.6 Å². The fraction of sp³-hybridized carbons (Fsp3) is 0.182. The molecule has 2 rings (SSSR count). The quantitative estimate of drug-likeness (QED) is 0.360. The smallest absolute Gasteiger partial charge is 0.348 e. The first kappa shape index (κ1) is 11.1. The minimum Gasteiger partial charge on any atom is -0.364 e. The van der Waals surface area contributed by atoms with Gasteiger partial charge in [0, 0.05) is 18.8 Å². The lowest BCUT2D eigenvalue weighted by Crippen LogP contribution is -2.24. The molecule has 1 aromatic carbocycles. The number of hydrogen-bond acceptors (Lipinski definition) is 5. The van der Waals surface area contributed by atoms with Gasteiger partial charge in [0.05, 0.1) is 4.92 Å². The van der Waals surface area contributed by atoms with Gasteiger partial charge in [0.15, 0.2) is 5.82 Å². The van der Waals surface area contributed by atoms with Gasteiger partial charge < -0.3 is 10.2 Å². The molecule has 0 spiro atoms. The molecular weight excluding hydrogens is 222 g/mol. The van der Waals surface area contributed by atoms with Gasteiger partial charge >= 0.3 is 5.70 Å². The highest BCUT2D eigenvalue weighted by Crippen LogP contribution is 2.21. The average Bonchev–Trinajstić information content (AvgIpc) is 2.80. The van der Waals surface area contributed by atoms with Crippen molar-refractivity contribution >= 4 is 12.0 Å². The summed E-state index contributed by atoms with van der Waals surface area (Å²) in [6.07, 6.45) is 0.267. The van der Waals surface area contributed by atoms with Crippen LogP contribution in [0.5, 0.6) is 0 Å². The number of nitro groups is 1. The third kappa shape index (κ3) is 2.10. The Labute approximate surface area is 97.7 Å². The minimum absolute atomic E-state index is 0.260. The van der Waals surface area contributed by atoms with Crippen molar-refractivity contribution in [3.05, 3.63) is 52.0 Å². The summed E-state index contributed by atoms with van der Waals surface area (Å²) in [4.78, 5) is 22.5. The van der Waals surface area contributed by atoms with Gasteiger partial charge in [-0.15, -0.1) is 0 Å². The number of benzene rings is 1. The van der Waals surface area contributed by atoms with E-state index in [0.717, 1.165) is 5.69 Å². The van der Waals surface area contributed by atoms with Crippen LogP contribution in [0.3, 0.4) is 0 Å². The molecular formula is C11H11N3O3. The largest absolute Gasteiger partial charge is 0.364 e. The number of allylic oxidation sites excluding steroid dienone is 1. The zero-order valence-corrected chi connectivity index (χ0v) is 9.00. The van der Waals surface area contributed by atoms with Crippen molar-refractivity contribution in [3.63, 3.8) is 0 Å². The fourth-order valence-corrected chi connectivity index (χ4v) is 1.77. The molecule has 0 aliphatic carbocycles. The van der Waals surface area contributed by atoms with E-state index in [-0.39, 0.29) is 12.1 Å². The van der Waals surface area contributed by atoms with Gasteiger partial charge in [0.2, 0.25) is 6.29 Å².